The van der Waals surface area contributed by atoms with Crippen molar-refractivity contribution < 1.29 is 22.8 Å². The van der Waals surface area contributed by atoms with Gasteiger partial charge in [-0.3, -0.25) is 9.59 Å². The second-order valence-corrected chi connectivity index (χ2v) is 7.52. The Labute approximate surface area is 166 Å². The Morgan fingerprint density at radius 2 is 1.75 bits per heavy atom. The summed E-state index contributed by atoms with van der Waals surface area (Å²) < 4.78 is 40.0. The van der Waals surface area contributed by atoms with Crippen molar-refractivity contribution in [3.05, 3.63) is 59.9 Å². The van der Waals surface area contributed by atoms with Gasteiger partial charge in [0, 0.05) is 11.4 Å². The second-order valence-electron chi connectivity index (χ2n) is 6.10. The van der Waals surface area contributed by atoms with Crippen molar-refractivity contribution >= 4 is 29.3 Å². The first-order chi connectivity index (χ1) is 13.3. The van der Waals surface area contributed by atoms with Gasteiger partial charge in [-0.15, -0.1) is 11.8 Å². The van der Waals surface area contributed by atoms with Gasteiger partial charge in [0.05, 0.1) is 17.5 Å². The lowest BCUT2D eigenvalue weighted by Crippen LogP contribution is -2.42. The molecule has 0 heterocycles. The first-order valence-electron chi connectivity index (χ1n) is 8.77. The summed E-state index contributed by atoms with van der Waals surface area (Å²) in [6.07, 6.45) is 0.626. The third kappa shape index (κ3) is 5.76. The van der Waals surface area contributed by atoms with E-state index in [2.05, 4.69) is 5.32 Å². The van der Waals surface area contributed by atoms with Crippen LogP contribution in [0.3, 0.4) is 0 Å². The Bertz CT molecular complexity index is 834. The topological polar surface area (TPSA) is 49.4 Å². The Kier molecular flexibility index (Phi) is 7.92. The first kappa shape index (κ1) is 21.8. The van der Waals surface area contributed by atoms with E-state index < -0.39 is 34.3 Å². The van der Waals surface area contributed by atoms with Gasteiger partial charge < -0.3 is 10.2 Å². The number of carbonyl (C=O) groups is 2. The summed E-state index contributed by atoms with van der Waals surface area (Å²) in [5.41, 5.74) is -0.473. The fourth-order valence-corrected chi connectivity index (χ4v) is 3.51. The molecule has 2 rings (SSSR count). The minimum absolute atomic E-state index is 0.239. The van der Waals surface area contributed by atoms with Gasteiger partial charge in [-0.25, -0.2) is 13.2 Å². The molecule has 0 aliphatic carbocycles. The number of amides is 2. The van der Waals surface area contributed by atoms with Crippen LogP contribution in [0.1, 0.15) is 20.3 Å². The van der Waals surface area contributed by atoms with E-state index in [9.17, 15) is 22.8 Å². The molecule has 1 unspecified atom stereocenters. The summed E-state index contributed by atoms with van der Waals surface area (Å²) in [6, 6.07) is 11.0. The normalized spacial score (nSPS) is 11.8. The number of anilines is 1. The molecule has 0 radical (unpaired) electrons. The minimum Gasteiger partial charge on any atom is -0.332 e. The maximum Gasteiger partial charge on any atom is 0.244 e. The van der Waals surface area contributed by atoms with E-state index in [1.165, 1.54) is 16.7 Å². The van der Waals surface area contributed by atoms with Crippen LogP contribution in [0.2, 0.25) is 0 Å². The molecule has 150 valence electrons. The summed E-state index contributed by atoms with van der Waals surface area (Å²) in [6.45, 7) is 3.63. The zero-order valence-electron chi connectivity index (χ0n) is 15.5. The molecular weight excluding hydrogens is 389 g/mol. The molecule has 0 bridgehead atoms. The van der Waals surface area contributed by atoms with Crippen molar-refractivity contribution in [2.45, 2.75) is 30.4 Å². The van der Waals surface area contributed by atoms with E-state index in [0.29, 0.717) is 13.0 Å². The molecule has 1 N–H and O–H groups in total. The number of halogens is 3. The Morgan fingerprint density at radius 3 is 2.39 bits per heavy atom. The quantitative estimate of drug-likeness (QED) is 0.516. The zero-order chi connectivity index (χ0) is 20.7. The van der Waals surface area contributed by atoms with E-state index >= 15 is 0 Å². The van der Waals surface area contributed by atoms with Crippen molar-refractivity contribution in [2.75, 3.05) is 18.4 Å². The number of carbonyl (C=O) groups excluding carboxylic acids is 2. The van der Waals surface area contributed by atoms with Crippen molar-refractivity contribution in [1.82, 2.24) is 4.90 Å². The predicted octanol–water partition coefficient (Wildman–Crippen LogP) is 4.46. The SMILES string of the molecule is CCCN(CC(=O)Nc1ccc(F)c(F)c1F)C(=O)C(C)Sc1ccccc1. The van der Waals surface area contributed by atoms with E-state index in [4.69, 9.17) is 0 Å². The third-order valence-electron chi connectivity index (χ3n) is 3.85. The van der Waals surface area contributed by atoms with Crippen LogP contribution in [0.25, 0.3) is 0 Å². The number of hydrogen-bond donors (Lipinski definition) is 1. The van der Waals surface area contributed by atoms with Crippen LogP contribution in [0.4, 0.5) is 18.9 Å². The monoisotopic (exact) mass is 410 g/mol. The lowest BCUT2D eigenvalue weighted by Gasteiger charge is -2.24. The maximum absolute atomic E-state index is 13.7. The smallest absolute Gasteiger partial charge is 0.244 e. The maximum atomic E-state index is 13.7. The average molecular weight is 410 g/mol. The molecule has 0 aliphatic heterocycles. The van der Waals surface area contributed by atoms with E-state index in [0.717, 1.165) is 17.0 Å². The molecular formula is C20H21F3N2O2S. The van der Waals surface area contributed by atoms with Crippen LogP contribution in [0.5, 0.6) is 0 Å². The van der Waals surface area contributed by atoms with Crippen LogP contribution in [-0.2, 0) is 9.59 Å². The van der Waals surface area contributed by atoms with Crippen LogP contribution in [0, 0.1) is 17.5 Å². The summed E-state index contributed by atoms with van der Waals surface area (Å²) in [4.78, 5) is 27.3. The highest BCUT2D eigenvalue weighted by Crippen LogP contribution is 2.24. The summed E-state index contributed by atoms with van der Waals surface area (Å²) in [5.74, 6) is -5.41. The van der Waals surface area contributed by atoms with Crippen molar-refractivity contribution in [1.29, 1.82) is 0 Å². The molecule has 2 aromatic carbocycles. The fourth-order valence-electron chi connectivity index (χ4n) is 2.53. The number of nitrogens with zero attached hydrogens (tertiary/aromatic N) is 1. The van der Waals surface area contributed by atoms with Crippen LogP contribution >= 0.6 is 11.8 Å². The van der Waals surface area contributed by atoms with Gasteiger partial charge in [0.15, 0.2) is 17.5 Å². The number of hydrogen-bond acceptors (Lipinski definition) is 3. The number of benzene rings is 2. The average Bonchev–Trinajstić information content (AvgIpc) is 2.68. The van der Waals surface area contributed by atoms with Gasteiger partial charge in [-0.05, 0) is 37.6 Å². The third-order valence-corrected chi connectivity index (χ3v) is 4.95. The van der Waals surface area contributed by atoms with Gasteiger partial charge in [-0.2, -0.15) is 0 Å². The number of nitrogens with one attached hydrogen (secondary N) is 1. The molecule has 2 aromatic rings. The molecule has 28 heavy (non-hydrogen) atoms. The predicted molar refractivity (Wildman–Crippen MR) is 104 cm³/mol. The van der Waals surface area contributed by atoms with E-state index in [-0.39, 0.29) is 12.5 Å². The van der Waals surface area contributed by atoms with Crippen molar-refractivity contribution in [2.24, 2.45) is 0 Å². The fraction of sp³-hybridized carbons (Fsp3) is 0.300. The number of thioether (sulfide) groups is 1. The van der Waals surface area contributed by atoms with Gasteiger partial charge in [0.1, 0.15) is 0 Å². The molecule has 0 saturated carbocycles. The Balaban J connectivity index is 2.03. The lowest BCUT2D eigenvalue weighted by molar-refractivity contribution is -0.134. The lowest BCUT2D eigenvalue weighted by atomic mass is 10.2. The molecule has 1 atom stereocenters. The molecule has 0 aliphatic rings. The zero-order valence-corrected chi connectivity index (χ0v) is 16.4. The number of rotatable bonds is 8. The highest BCUT2D eigenvalue weighted by molar-refractivity contribution is 8.00. The largest absolute Gasteiger partial charge is 0.332 e. The van der Waals surface area contributed by atoms with Crippen molar-refractivity contribution in [3.63, 3.8) is 0 Å². The summed E-state index contributed by atoms with van der Waals surface area (Å²) >= 11 is 1.37. The van der Waals surface area contributed by atoms with Crippen LogP contribution in [0.15, 0.2) is 47.4 Å². The van der Waals surface area contributed by atoms with E-state index in [1.807, 2.05) is 37.3 Å². The molecule has 0 fully saturated rings. The minimum atomic E-state index is -1.66. The summed E-state index contributed by atoms with van der Waals surface area (Å²) in [7, 11) is 0. The highest BCUT2D eigenvalue weighted by atomic mass is 32.2. The molecule has 4 nitrogen and oxygen atoms in total. The van der Waals surface area contributed by atoms with Gasteiger partial charge in [-0.1, -0.05) is 25.1 Å². The van der Waals surface area contributed by atoms with Gasteiger partial charge in [0.25, 0.3) is 0 Å². The van der Waals surface area contributed by atoms with Crippen LogP contribution in [-0.4, -0.2) is 35.1 Å². The second kappa shape index (κ2) is 10.2. The molecule has 8 heteroatoms. The van der Waals surface area contributed by atoms with Crippen molar-refractivity contribution in [3.8, 4) is 0 Å². The molecule has 0 spiro atoms. The Hall–Kier alpha value is -2.48. The standard InChI is InChI=1S/C20H21F3N2O2S/c1-3-11-25(20(27)13(2)28-14-7-5-4-6-8-14)12-17(26)24-16-10-9-15(21)18(22)19(16)23/h4-10,13H,3,11-12H2,1-2H3,(H,24,26). The summed E-state index contributed by atoms with van der Waals surface area (Å²) in [5, 5.41) is 1.76. The van der Waals surface area contributed by atoms with Gasteiger partial charge in [0.2, 0.25) is 11.8 Å². The molecule has 0 aromatic heterocycles. The molecule has 0 saturated heterocycles. The van der Waals surface area contributed by atoms with Crippen LogP contribution < -0.4 is 5.32 Å². The molecule has 2 amide bonds. The van der Waals surface area contributed by atoms with E-state index in [1.54, 1.807) is 6.92 Å². The Morgan fingerprint density at radius 1 is 1.07 bits per heavy atom. The highest BCUT2D eigenvalue weighted by Gasteiger charge is 2.24. The first-order valence-corrected chi connectivity index (χ1v) is 9.65. The van der Waals surface area contributed by atoms with Gasteiger partial charge >= 0.3 is 0 Å².